The summed E-state index contributed by atoms with van der Waals surface area (Å²) >= 11 is 0. The van der Waals surface area contributed by atoms with Gasteiger partial charge in [0.05, 0.1) is 6.42 Å². The first-order chi connectivity index (χ1) is 15.6. The van der Waals surface area contributed by atoms with Gasteiger partial charge in [0.25, 0.3) is 0 Å². The van der Waals surface area contributed by atoms with Crippen LogP contribution in [0, 0.1) is 0 Å². The standard InChI is InChI=1S/2C9H13N.C4H7NO4.H2O4S/c2*1-8(10)7-9-5-3-2-4-6-9;5-2(4(8)9)1-3(6)7;1-5(2,3)4/h2*2-6,8H,7,10H2,1H3;2H,1,5H2,(H,6,7)(H,8,9);(H2,1,2,3,4). The molecular weight excluding hydrogens is 466 g/mol. The van der Waals surface area contributed by atoms with Gasteiger partial charge in [-0.15, -0.1) is 0 Å². The molecule has 12 heteroatoms. The lowest BCUT2D eigenvalue weighted by Gasteiger charge is -2.02. The van der Waals surface area contributed by atoms with Gasteiger partial charge in [0.15, 0.2) is 0 Å². The molecule has 3 unspecified atom stereocenters. The van der Waals surface area contributed by atoms with E-state index in [0.717, 1.165) is 12.8 Å². The molecule has 0 bridgehead atoms. The van der Waals surface area contributed by atoms with Gasteiger partial charge in [0.2, 0.25) is 0 Å². The van der Waals surface area contributed by atoms with Crippen LogP contribution in [0.1, 0.15) is 31.4 Å². The maximum Gasteiger partial charge on any atom is 0.394 e. The van der Waals surface area contributed by atoms with Crippen molar-refractivity contribution in [2.75, 3.05) is 0 Å². The Morgan fingerprint density at radius 2 is 1.06 bits per heavy atom. The van der Waals surface area contributed by atoms with Gasteiger partial charge in [-0.05, 0) is 37.8 Å². The summed E-state index contributed by atoms with van der Waals surface area (Å²) in [7, 11) is -4.67. The fourth-order valence-corrected chi connectivity index (χ4v) is 2.25. The molecule has 34 heavy (non-hydrogen) atoms. The van der Waals surface area contributed by atoms with E-state index >= 15 is 0 Å². The lowest BCUT2D eigenvalue weighted by Crippen LogP contribution is -2.32. The van der Waals surface area contributed by atoms with Crippen molar-refractivity contribution in [1.29, 1.82) is 0 Å². The number of nitrogens with two attached hydrogens (primary N) is 3. The smallest absolute Gasteiger partial charge is 0.394 e. The Morgan fingerprint density at radius 3 is 1.24 bits per heavy atom. The highest BCUT2D eigenvalue weighted by atomic mass is 32.3. The second-order valence-electron chi connectivity index (χ2n) is 7.32. The summed E-state index contributed by atoms with van der Waals surface area (Å²) in [6, 6.07) is 19.8. The first-order valence-corrected chi connectivity index (χ1v) is 11.5. The van der Waals surface area contributed by atoms with Gasteiger partial charge >= 0.3 is 22.3 Å². The molecule has 2 aromatic carbocycles. The molecule has 0 aliphatic rings. The monoisotopic (exact) mass is 501 g/mol. The van der Waals surface area contributed by atoms with E-state index in [4.69, 9.17) is 44.9 Å². The minimum atomic E-state index is -4.67. The molecule has 192 valence electrons. The third-order valence-electron chi connectivity index (χ3n) is 3.51. The summed E-state index contributed by atoms with van der Waals surface area (Å²) in [6.07, 6.45) is 1.41. The Hall–Kier alpha value is -2.87. The number of rotatable bonds is 7. The highest BCUT2D eigenvalue weighted by molar-refractivity contribution is 7.79. The number of hydrogen-bond acceptors (Lipinski definition) is 7. The zero-order chi connectivity index (χ0) is 26.7. The van der Waals surface area contributed by atoms with Crippen LogP contribution >= 0.6 is 0 Å². The fraction of sp³-hybridized carbons (Fsp3) is 0.364. The van der Waals surface area contributed by atoms with E-state index in [-0.39, 0.29) is 12.1 Å². The Labute approximate surface area is 200 Å². The first kappa shape index (κ1) is 33.3. The van der Waals surface area contributed by atoms with E-state index in [1.807, 2.05) is 50.2 Å². The summed E-state index contributed by atoms with van der Waals surface area (Å²) in [6.45, 7) is 4.04. The lowest BCUT2D eigenvalue weighted by molar-refractivity contribution is -0.144. The van der Waals surface area contributed by atoms with Crippen molar-refractivity contribution < 1.29 is 37.3 Å². The number of hydrogen-bond donors (Lipinski definition) is 7. The van der Waals surface area contributed by atoms with Crippen LogP contribution in [0.25, 0.3) is 0 Å². The second-order valence-corrected chi connectivity index (χ2v) is 8.22. The Kier molecular flexibility index (Phi) is 18.2. The molecule has 0 aliphatic heterocycles. The second kappa shape index (κ2) is 18.5. The summed E-state index contributed by atoms with van der Waals surface area (Å²) in [5, 5.41) is 16.0. The Morgan fingerprint density at radius 1 is 0.765 bits per heavy atom. The third-order valence-corrected chi connectivity index (χ3v) is 3.51. The summed E-state index contributed by atoms with van der Waals surface area (Å²) in [4.78, 5) is 19.6. The van der Waals surface area contributed by atoms with Crippen molar-refractivity contribution in [2.45, 2.75) is 51.2 Å². The van der Waals surface area contributed by atoms with Gasteiger partial charge < -0.3 is 27.4 Å². The number of carboxylic acid groups (broad SMARTS) is 2. The molecule has 0 fully saturated rings. The number of benzene rings is 2. The number of carboxylic acids is 2. The van der Waals surface area contributed by atoms with E-state index < -0.39 is 34.8 Å². The van der Waals surface area contributed by atoms with Crippen molar-refractivity contribution in [3.63, 3.8) is 0 Å². The number of carbonyl (C=O) groups is 2. The summed E-state index contributed by atoms with van der Waals surface area (Å²) in [5.74, 6) is -2.50. The lowest BCUT2D eigenvalue weighted by atomic mass is 10.1. The van der Waals surface area contributed by atoms with E-state index in [2.05, 4.69) is 24.3 Å². The molecule has 11 nitrogen and oxygen atoms in total. The van der Waals surface area contributed by atoms with E-state index in [1.54, 1.807) is 0 Å². The largest absolute Gasteiger partial charge is 0.481 e. The fourth-order valence-electron chi connectivity index (χ4n) is 2.25. The van der Waals surface area contributed by atoms with Crippen LogP contribution in [0.3, 0.4) is 0 Å². The van der Waals surface area contributed by atoms with Crippen LogP contribution < -0.4 is 17.2 Å². The average molecular weight is 502 g/mol. The highest BCUT2D eigenvalue weighted by Gasteiger charge is 2.14. The molecule has 2 aromatic rings. The Bertz CT molecular complexity index is 855. The zero-order valence-corrected chi connectivity index (χ0v) is 20.0. The predicted molar refractivity (Wildman–Crippen MR) is 130 cm³/mol. The molecule has 0 saturated carbocycles. The van der Waals surface area contributed by atoms with Crippen molar-refractivity contribution in [2.24, 2.45) is 17.2 Å². The number of aliphatic carboxylic acids is 2. The molecule has 0 aromatic heterocycles. The minimum absolute atomic E-state index is 0.266. The predicted octanol–water partition coefficient (Wildman–Crippen LogP) is 1.37. The molecule has 0 heterocycles. The van der Waals surface area contributed by atoms with Crippen molar-refractivity contribution in [3.05, 3.63) is 71.8 Å². The molecule has 10 N–H and O–H groups in total. The zero-order valence-electron chi connectivity index (χ0n) is 19.2. The minimum Gasteiger partial charge on any atom is -0.481 e. The SMILES string of the molecule is CC(N)Cc1ccccc1.CC(N)Cc1ccccc1.NC(CC(=O)O)C(=O)O.O=S(=O)(O)O. The van der Waals surface area contributed by atoms with Crippen LogP contribution in [-0.2, 0) is 32.8 Å². The Balaban J connectivity index is 0. The van der Waals surface area contributed by atoms with Gasteiger partial charge in [-0.3, -0.25) is 18.7 Å². The van der Waals surface area contributed by atoms with E-state index in [9.17, 15) is 9.59 Å². The first-order valence-electron chi connectivity index (χ1n) is 10.1. The molecule has 0 radical (unpaired) electrons. The van der Waals surface area contributed by atoms with E-state index in [0.29, 0.717) is 0 Å². The van der Waals surface area contributed by atoms with Crippen molar-refractivity contribution in [3.8, 4) is 0 Å². The van der Waals surface area contributed by atoms with Crippen molar-refractivity contribution in [1.82, 2.24) is 0 Å². The van der Waals surface area contributed by atoms with Crippen LogP contribution in [0.15, 0.2) is 60.7 Å². The average Bonchev–Trinajstić information content (AvgIpc) is 2.68. The molecule has 0 amide bonds. The topological polar surface area (TPSA) is 227 Å². The summed E-state index contributed by atoms with van der Waals surface area (Å²) < 4.78 is 31.6. The van der Waals surface area contributed by atoms with Gasteiger partial charge in [-0.1, -0.05) is 60.7 Å². The molecule has 0 spiro atoms. The van der Waals surface area contributed by atoms with Crippen LogP contribution in [0.5, 0.6) is 0 Å². The maximum atomic E-state index is 9.85. The molecular formula is C22H35N3O8S. The van der Waals surface area contributed by atoms with Crippen molar-refractivity contribution >= 4 is 22.3 Å². The highest BCUT2D eigenvalue weighted by Crippen LogP contribution is 2.01. The quantitative estimate of drug-likeness (QED) is 0.268. The van der Waals surface area contributed by atoms with Crippen LogP contribution in [0.4, 0.5) is 0 Å². The molecule has 3 atom stereocenters. The van der Waals surface area contributed by atoms with Gasteiger partial charge in [-0.25, -0.2) is 0 Å². The van der Waals surface area contributed by atoms with Gasteiger partial charge in [0, 0.05) is 12.1 Å². The molecule has 0 aliphatic carbocycles. The van der Waals surface area contributed by atoms with Gasteiger partial charge in [-0.2, -0.15) is 8.42 Å². The molecule has 0 saturated heterocycles. The molecule has 2 rings (SSSR count). The van der Waals surface area contributed by atoms with Gasteiger partial charge in [0.1, 0.15) is 6.04 Å². The van der Waals surface area contributed by atoms with Crippen LogP contribution in [0.2, 0.25) is 0 Å². The normalized spacial score (nSPS) is 12.7. The van der Waals surface area contributed by atoms with E-state index in [1.165, 1.54) is 11.1 Å². The summed E-state index contributed by atoms with van der Waals surface area (Å²) in [5.41, 5.74) is 18.7. The van der Waals surface area contributed by atoms with Crippen LogP contribution in [-0.4, -0.2) is 57.8 Å². The third kappa shape index (κ3) is 27.2. The maximum absolute atomic E-state index is 9.85.